The minimum Gasteiger partial charge on any atom is -0.458 e. The third kappa shape index (κ3) is 2.58. The molecule has 1 aliphatic carbocycles. The number of hydrogen-bond donors (Lipinski definition) is 2. The first kappa shape index (κ1) is 13.9. The number of benzene rings is 1. The molecule has 2 N–H and O–H groups in total. The largest absolute Gasteiger partial charge is 0.458 e. The first-order valence-electron chi connectivity index (χ1n) is 7.18. The molecule has 1 aliphatic rings. The summed E-state index contributed by atoms with van der Waals surface area (Å²) in [7, 11) is 0. The highest BCUT2D eigenvalue weighted by Gasteiger charge is 2.38. The molecular formula is C16H19ClO3. The summed E-state index contributed by atoms with van der Waals surface area (Å²) in [5.41, 5.74) is -0.394. The lowest BCUT2D eigenvalue weighted by Crippen LogP contribution is -2.35. The molecule has 1 aromatic heterocycles. The highest BCUT2D eigenvalue weighted by molar-refractivity contribution is 6.31. The van der Waals surface area contributed by atoms with Crippen LogP contribution >= 0.6 is 11.6 Å². The van der Waals surface area contributed by atoms with E-state index in [0.717, 1.165) is 31.1 Å². The molecule has 1 fully saturated rings. The standard InChI is InChI=1S/C16H19ClO3/c17-12-5-6-13-11(9-12)10-14(20-13)15(18)16(19)7-3-1-2-4-8-16/h5-6,9-10,15,18-19H,1-4,7-8H2. The molecule has 0 radical (unpaired) electrons. The highest BCUT2D eigenvalue weighted by Crippen LogP contribution is 2.39. The van der Waals surface area contributed by atoms with Gasteiger partial charge < -0.3 is 14.6 Å². The average Bonchev–Trinajstić information content (AvgIpc) is 2.71. The van der Waals surface area contributed by atoms with Crippen LogP contribution in [0.2, 0.25) is 5.02 Å². The van der Waals surface area contributed by atoms with Crippen molar-refractivity contribution in [2.45, 2.75) is 50.2 Å². The molecule has 0 saturated heterocycles. The summed E-state index contributed by atoms with van der Waals surface area (Å²) in [5.74, 6) is 0.423. The first-order valence-corrected chi connectivity index (χ1v) is 7.56. The fourth-order valence-corrected chi connectivity index (χ4v) is 3.23. The van der Waals surface area contributed by atoms with Crippen molar-refractivity contribution >= 4 is 22.6 Å². The monoisotopic (exact) mass is 294 g/mol. The molecule has 108 valence electrons. The van der Waals surface area contributed by atoms with Crippen LogP contribution in [-0.4, -0.2) is 15.8 Å². The first-order chi connectivity index (χ1) is 9.58. The number of fused-ring (bicyclic) bond motifs is 1. The van der Waals surface area contributed by atoms with E-state index < -0.39 is 11.7 Å². The second-order valence-electron chi connectivity index (χ2n) is 5.75. The summed E-state index contributed by atoms with van der Waals surface area (Å²) in [6.45, 7) is 0. The molecule has 0 spiro atoms. The van der Waals surface area contributed by atoms with Crippen molar-refractivity contribution in [3.8, 4) is 0 Å². The molecule has 0 bridgehead atoms. The van der Waals surface area contributed by atoms with Gasteiger partial charge >= 0.3 is 0 Å². The van der Waals surface area contributed by atoms with E-state index in [2.05, 4.69) is 0 Å². The normalized spacial score (nSPS) is 20.8. The van der Waals surface area contributed by atoms with Gasteiger partial charge in [0.1, 0.15) is 17.4 Å². The zero-order valence-corrected chi connectivity index (χ0v) is 12.1. The van der Waals surface area contributed by atoms with Crippen molar-refractivity contribution in [3.63, 3.8) is 0 Å². The maximum absolute atomic E-state index is 10.7. The van der Waals surface area contributed by atoms with Crippen LogP contribution in [0.15, 0.2) is 28.7 Å². The van der Waals surface area contributed by atoms with Crippen LogP contribution in [0.4, 0.5) is 0 Å². The summed E-state index contributed by atoms with van der Waals surface area (Å²) in [6, 6.07) is 7.11. The Balaban J connectivity index is 1.92. The van der Waals surface area contributed by atoms with E-state index in [1.54, 1.807) is 24.3 Å². The van der Waals surface area contributed by atoms with Crippen molar-refractivity contribution in [1.29, 1.82) is 0 Å². The van der Waals surface area contributed by atoms with Crippen molar-refractivity contribution < 1.29 is 14.6 Å². The number of rotatable bonds is 2. The molecule has 1 saturated carbocycles. The lowest BCUT2D eigenvalue weighted by atomic mass is 9.87. The molecule has 20 heavy (non-hydrogen) atoms. The Morgan fingerprint density at radius 3 is 2.50 bits per heavy atom. The van der Waals surface area contributed by atoms with E-state index >= 15 is 0 Å². The number of halogens is 1. The minimum absolute atomic E-state index is 0.423. The molecule has 0 amide bonds. The summed E-state index contributed by atoms with van der Waals surface area (Å²) < 4.78 is 5.68. The van der Waals surface area contributed by atoms with Crippen LogP contribution in [0.3, 0.4) is 0 Å². The maximum Gasteiger partial charge on any atom is 0.140 e. The maximum atomic E-state index is 10.7. The number of aliphatic hydroxyl groups excluding tert-OH is 1. The van der Waals surface area contributed by atoms with Crippen LogP contribution in [0, 0.1) is 0 Å². The van der Waals surface area contributed by atoms with Crippen LogP contribution in [0.25, 0.3) is 11.0 Å². The fraction of sp³-hybridized carbons (Fsp3) is 0.500. The van der Waals surface area contributed by atoms with E-state index in [9.17, 15) is 10.2 Å². The molecular weight excluding hydrogens is 276 g/mol. The zero-order chi connectivity index (χ0) is 14.2. The average molecular weight is 295 g/mol. The van der Waals surface area contributed by atoms with Gasteiger partial charge in [-0.25, -0.2) is 0 Å². The summed E-state index contributed by atoms with van der Waals surface area (Å²) in [4.78, 5) is 0. The Bertz CT molecular complexity index is 597. The number of aliphatic hydroxyl groups is 2. The van der Waals surface area contributed by atoms with Gasteiger partial charge in [0, 0.05) is 10.4 Å². The number of furan rings is 1. The third-order valence-corrected chi connectivity index (χ3v) is 4.48. The van der Waals surface area contributed by atoms with E-state index in [-0.39, 0.29) is 0 Å². The molecule has 0 aliphatic heterocycles. The minimum atomic E-state index is -1.08. The second-order valence-corrected chi connectivity index (χ2v) is 6.19. The van der Waals surface area contributed by atoms with Crippen LogP contribution in [-0.2, 0) is 0 Å². The van der Waals surface area contributed by atoms with Gasteiger partial charge in [0.25, 0.3) is 0 Å². The van der Waals surface area contributed by atoms with Crippen LogP contribution in [0.5, 0.6) is 0 Å². The molecule has 1 heterocycles. The van der Waals surface area contributed by atoms with Gasteiger partial charge in [-0.1, -0.05) is 37.3 Å². The van der Waals surface area contributed by atoms with Gasteiger partial charge in [-0.05, 0) is 37.1 Å². The van der Waals surface area contributed by atoms with Crippen LogP contribution in [0.1, 0.15) is 50.4 Å². The van der Waals surface area contributed by atoms with Gasteiger partial charge in [0.05, 0.1) is 5.60 Å². The van der Waals surface area contributed by atoms with Gasteiger partial charge in [-0.2, -0.15) is 0 Å². The van der Waals surface area contributed by atoms with E-state index in [1.165, 1.54) is 0 Å². The lowest BCUT2D eigenvalue weighted by molar-refractivity contribution is -0.0943. The van der Waals surface area contributed by atoms with Gasteiger partial charge in [0.2, 0.25) is 0 Å². The lowest BCUT2D eigenvalue weighted by Gasteiger charge is -2.30. The predicted octanol–water partition coefficient (Wildman–Crippen LogP) is 4.20. The van der Waals surface area contributed by atoms with Gasteiger partial charge in [-0.15, -0.1) is 0 Å². The summed E-state index contributed by atoms with van der Waals surface area (Å²) in [6.07, 6.45) is 4.37. The Labute approximate surface area is 123 Å². The molecule has 1 unspecified atom stereocenters. The molecule has 4 heteroatoms. The Morgan fingerprint density at radius 2 is 1.80 bits per heavy atom. The molecule has 1 aromatic carbocycles. The Hall–Kier alpha value is -1.03. The van der Waals surface area contributed by atoms with Crippen molar-refractivity contribution in [2.75, 3.05) is 0 Å². The second kappa shape index (κ2) is 5.40. The van der Waals surface area contributed by atoms with E-state index in [1.807, 2.05) is 0 Å². The Morgan fingerprint density at radius 1 is 1.10 bits per heavy atom. The highest BCUT2D eigenvalue weighted by atomic mass is 35.5. The summed E-state index contributed by atoms with van der Waals surface area (Å²) in [5, 5.41) is 22.7. The van der Waals surface area contributed by atoms with Crippen molar-refractivity contribution in [2.24, 2.45) is 0 Å². The van der Waals surface area contributed by atoms with Gasteiger partial charge in [-0.3, -0.25) is 0 Å². The number of hydrogen-bond acceptors (Lipinski definition) is 3. The predicted molar refractivity (Wildman–Crippen MR) is 78.8 cm³/mol. The molecule has 3 nitrogen and oxygen atoms in total. The zero-order valence-electron chi connectivity index (χ0n) is 11.3. The van der Waals surface area contributed by atoms with E-state index in [4.69, 9.17) is 16.0 Å². The smallest absolute Gasteiger partial charge is 0.140 e. The topological polar surface area (TPSA) is 53.6 Å². The SMILES string of the molecule is OC(c1cc2cc(Cl)ccc2o1)C1(O)CCCCCC1. The van der Waals surface area contributed by atoms with E-state index in [0.29, 0.717) is 29.2 Å². The molecule has 1 atom stereocenters. The Kier molecular flexibility index (Phi) is 3.76. The van der Waals surface area contributed by atoms with Gasteiger partial charge in [0.15, 0.2) is 0 Å². The molecule has 3 rings (SSSR count). The van der Waals surface area contributed by atoms with Crippen LogP contribution < -0.4 is 0 Å². The van der Waals surface area contributed by atoms with Crippen molar-refractivity contribution in [1.82, 2.24) is 0 Å². The third-order valence-electron chi connectivity index (χ3n) is 4.25. The quantitative estimate of drug-likeness (QED) is 0.816. The fourth-order valence-electron chi connectivity index (χ4n) is 3.05. The molecule has 2 aromatic rings. The summed E-state index contributed by atoms with van der Waals surface area (Å²) >= 11 is 5.95. The van der Waals surface area contributed by atoms with Crippen molar-refractivity contribution in [3.05, 3.63) is 35.0 Å².